The summed E-state index contributed by atoms with van der Waals surface area (Å²) in [4.78, 5) is 0. The largest absolute Gasteiger partial charge is 0.496 e. The summed E-state index contributed by atoms with van der Waals surface area (Å²) >= 11 is 0. The van der Waals surface area contributed by atoms with Crippen molar-refractivity contribution in [1.82, 2.24) is 0 Å². The summed E-state index contributed by atoms with van der Waals surface area (Å²) < 4.78 is 4.91. The van der Waals surface area contributed by atoms with Gasteiger partial charge >= 0.3 is 0 Å². The first-order chi connectivity index (χ1) is 5.36. The van der Waals surface area contributed by atoms with Gasteiger partial charge in [-0.2, -0.15) is 5.26 Å². The lowest BCUT2D eigenvalue weighted by molar-refractivity contribution is 0.414. The second-order valence-electron chi connectivity index (χ2n) is 2.10. The SMILES string of the molecule is COc1[c]cc(CC#N)cc1. The number of ether oxygens (including phenoxy) is 1. The second-order valence-corrected chi connectivity index (χ2v) is 2.10. The Bertz CT molecular complexity index is 258. The molecule has 0 amide bonds. The molecule has 1 radical (unpaired) electrons. The molecule has 0 heterocycles. The van der Waals surface area contributed by atoms with Crippen molar-refractivity contribution in [3.8, 4) is 11.8 Å². The Kier molecular flexibility index (Phi) is 2.51. The number of nitrogens with zero attached hydrogens (tertiary/aromatic N) is 1. The van der Waals surface area contributed by atoms with Gasteiger partial charge in [-0.05, 0) is 17.7 Å². The Morgan fingerprint density at radius 3 is 2.91 bits per heavy atom. The maximum atomic E-state index is 8.35. The fraction of sp³-hybridized carbons (Fsp3) is 0.222. The highest BCUT2D eigenvalue weighted by Gasteiger charge is 1.92. The lowest BCUT2D eigenvalue weighted by Crippen LogP contribution is -1.84. The molecule has 0 fully saturated rings. The number of benzene rings is 1. The van der Waals surface area contributed by atoms with E-state index >= 15 is 0 Å². The van der Waals surface area contributed by atoms with Crippen LogP contribution in [0.4, 0.5) is 0 Å². The van der Waals surface area contributed by atoms with E-state index < -0.39 is 0 Å². The minimum Gasteiger partial charge on any atom is -0.496 e. The van der Waals surface area contributed by atoms with Gasteiger partial charge in [-0.15, -0.1) is 0 Å². The van der Waals surface area contributed by atoms with E-state index in [1.54, 1.807) is 19.2 Å². The van der Waals surface area contributed by atoms with Crippen molar-refractivity contribution in [3.05, 3.63) is 29.8 Å². The highest BCUT2D eigenvalue weighted by atomic mass is 16.5. The van der Waals surface area contributed by atoms with Gasteiger partial charge in [0, 0.05) is 6.07 Å². The topological polar surface area (TPSA) is 33.0 Å². The quantitative estimate of drug-likeness (QED) is 0.634. The molecular weight excluding hydrogens is 138 g/mol. The van der Waals surface area contributed by atoms with Crippen molar-refractivity contribution < 1.29 is 4.74 Å². The molecular formula is C9H8NO. The van der Waals surface area contributed by atoms with Crippen molar-refractivity contribution in [2.45, 2.75) is 6.42 Å². The molecule has 2 nitrogen and oxygen atoms in total. The molecule has 1 rings (SSSR count). The summed E-state index contributed by atoms with van der Waals surface area (Å²) in [6.07, 6.45) is 0.431. The molecule has 0 saturated carbocycles. The number of methoxy groups -OCH3 is 1. The van der Waals surface area contributed by atoms with Gasteiger partial charge in [-0.3, -0.25) is 0 Å². The van der Waals surface area contributed by atoms with Gasteiger partial charge in [0.1, 0.15) is 5.75 Å². The van der Waals surface area contributed by atoms with Crippen molar-refractivity contribution >= 4 is 0 Å². The molecule has 0 bridgehead atoms. The van der Waals surface area contributed by atoms with Gasteiger partial charge < -0.3 is 4.74 Å². The van der Waals surface area contributed by atoms with Gasteiger partial charge in [0.2, 0.25) is 0 Å². The summed E-state index contributed by atoms with van der Waals surface area (Å²) in [6, 6.07) is 10.4. The molecule has 0 atom stereocenters. The van der Waals surface area contributed by atoms with Crippen LogP contribution in [-0.4, -0.2) is 7.11 Å². The maximum Gasteiger partial charge on any atom is 0.126 e. The van der Waals surface area contributed by atoms with Crippen LogP contribution in [0.3, 0.4) is 0 Å². The molecule has 0 saturated heterocycles. The van der Waals surface area contributed by atoms with Crippen LogP contribution in [0.5, 0.6) is 5.75 Å². The van der Waals surface area contributed by atoms with Gasteiger partial charge in [0.15, 0.2) is 0 Å². The first-order valence-corrected chi connectivity index (χ1v) is 3.28. The van der Waals surface area contributed by atoms with E-state index in [1.165, 1.54) is 0 Å². The normalized spacial score (nSPS) is 8.73. The summed E-state index contributed by atoms with van der Waals surface area (Å²) in [5, 5.41) is 8.35. The molecule has 11 heavy (non-hydrogen) atoms. The molecule has 0 aliphatic rings. The zero-order valence-corrected chi connectivity index (χ0v) is 6.29. The van der Waals surface area contributed by atoms with Crippen LogP contribution in [0.15, 0.2) is 18.2 Å². The summed E-state index contributed by atoms with van der Waals surface area (Å²) in [5.41, 5.74) is 0.966. The van der Waals surface area contributed by atoms with E-state index in [-0.39, 0.29) is 0 Å². The second kappa shape index (κ2) is 3.62. The average molecular weight is 146 g/mol. The summed E-state index contributed by atoms with van der Waals surface area (Å²) in [7, 11) is 1.59. The van der Waals surface area contributed by atoms with E-state index in [9.17, 15) is 0 Å². The minimum atomic E-state index is 0.431. The first kappa shape index (κ1) is 7.62. The number of rotatable bonds is 2. The third-order valence-corrected chi connectivity index (χ3v) is 1.35. The van der Waals surface area contributed by atoms with Crippen LogP contribution in [0.25, 0.3) is 0 Å². The molecule has 55 valence electrons. The van der Waals surface area contributed by atoms with Crippen molar-refractivity contribution in [2.75, 3.05) is 7.11 Å². The van der Waals surface area contributed by atoms with Crippen LogP contribution in [-0.2, 0) is 6.42 Å². The minimum absolute atomic E-state index is 0.431. The van der Waals surface area contributed by atoms with Crippen LogP contribution < -0.4 is 4.74 Å². The molecule has 0 aromatic heterocycles. The highest BCUT2D eigenvalue weighted by Crippen LogP contribution is 2.09. The Labute approximate surface area is 66.0 Å². The summed E-state index contributed by atoms with van der Waals surface area (Å²) in [5.74, 6) is 0.701. The lowest BCUT2D eigenvalue weighted by Gasteiger charge is -1.97. The zero-order chi connectivity index (χ0) is 8.10. The Morgan fingerprint density at radius 2 is 2.45 bits per heavy atom. The maximum absolute atomic E-state index is 8.35. The molecule has 0 N–H and O–H groups in total. The number of hydrogen-bond acceptors (Lipinski definition) is 2. The van der Waals surface area contributed by atoms with E-state index in [0.29, 0.717) is 12.2 Å². The molecule has 1 aromatic carbocycles. The van der Waals surface area contributed by atoms with E-state index in [2.05, 4.69) is 12.1 Å². The molecule has 0 spiro atoms. The van der Waals surface area contributed by atoms with Crippen molar-refractivity contribution in [1.29, 1.82) is 5.26 Å². The van der Waals surface area contributed by atoms with Crippen molar-refractivity contribution in [3.63, 3.8) is 0 Å². The van der Waals surface area contributed by atoms with Crippen LogP contribution in [0.2, 0.25) is 0 Å². The lowest BCUT2D eigenvalue weighted by atomic mass is 10.2. The zero-order valence-electron chi connectivity index (χ0n) is 6.29. The fourth-order valence-corrected chi connectivity index (χ4v) is 0.771. The molecule has 2 heteroatoms. The molecule has 0 aliphatic carbocycles. The van der Waals surface area contributed by atoms with Gasteiger partial charge in [0.05, 0.1) is 19.6 Å². The van der Waals surface area contributed by atoms with E-state index in [0.717, 1.165) is 5.56 Å². The standard InChI is InChI=1S/C9H8NO/c1-11-9-4-2-8(3-5-9)6-7-10/h2-4H,6H2,1H3. The Hall–Kier alpha value is -1.49. The first-order valence-electron chi connectivity index (χ1n) is 3.28. The van der Waals surface area contributed by atoms with Crippen LogP contribution >= 0.6 is 0 Å². The van der Waals surface area contributed by atoms with Crippen molar-refractivity contribution in [2.24, 2.45) is 0 Å². The fourth-order valence-electron chi connectivity index (χ4n) is 0.771. The average Bonchev–Trinajstić information content (AvgIpc) is 2.07. The third-order valence-electron chi connectivity index (χ3n) is 1.35. The Balaban J connectivity index is 2.76. The summed E-state index contributed by atoms with van der Waals surface area (Å²) in [6.45, 7) is 0. The number of nitriles is 1. The predicted octanol–water partition coefficient (Wildman–Crippen LogP) is 1.56. The molecule has 0 aliphatic heterocycles. The van der Waals surface area contributed by atoms with E-state index in [1.807, 2.05) is 6.07 Å². The van der Waals surface area contributed by atoms with Crippen LogP contribution in [0, 0.1) is 17.4 Å². The monoisotopic (exact) mass is 146 g/mol. The van der Waals surface area contributed by atoms with Gasteiger partial charge in [-0.1, -0.05) is 6.07 Å². The predicted molar refractivity (Wildman–Crippen MR) is 41.1 cm³/mol. The van der Waals surface area contributed by atoms with E-state index in [4.69, 9.17) is 10.00 Å². The third kappa shape index (κ3) is 1.98. The smallest absolute Gasteiger partial charge is 0.126 e. The van der Waals surface area contributed by atoms with Crippen LogP contribution in [0.1, 0.15) is 5.56 Å². The molecule has 1 aromatic rings. The van der Waals surface area contributed by atoms with Gasteiger partial charge in [-0.25, -0.2) is 0 Å². The Morgan fingerprint density at radius 1 is 1.64 bits per heavy atom. The molecule has 0 unspecified atom stereocenters. The highest BCUT2D eigenvalue weighted by molar-refractivity contribution is 5.27. The number of hydrogen-bond donors (Lipinski definition) is 0. The van der Waals surface area contributed by atoms with Gasteiger partial charge in [0.25, 0.3) is 0 Å².